The Morgan fingerprint density at radius 3 is 2.28 bits per heavy atom. The van der Waals surface area contributed by atoms with Gasteiger partial charge in [0.15, 0.2) is 0 Å². The van der Waals surface area contributed by atoms with Gasteiger partial charge >= 0.3 is 0 Å². The van der Waals surface area contributed by atoms with Gasteiger partial charge in [-0.2, -0.15) is 0 Å². The number of rotatable bonds is 6. The maximum absolute atomic E-state index is 12.7. The second kappa shape index (κ2) is 9.90. The van der Waals surface area contributed by atoms with Gasteiger partial charge in [0, 0.05) is 26.9 Å². The molecular formula is C26H21ClN2O2S. The quantitative estimate of drug-likeness (QED) is 0.309. The highest BCUT2D eigenvalue weighted by molar-refractivity contribution is 8.00. The molecule has 4 aromatic carbocycles. The molecule has 6 heteroatoms. The van der Waals surface area contributed by atoms with Gasteiger partial charge < -0.3 is 10.6 Å². The molecule has 2 N–H and O–H groups in total. The molecule has 0 spiro atoms. The van der Waals surface area contributed by atoms with Crippen LogP contribution in [-0.4, -0.2) is 17.1 Å². The SMILES string of the molecule is CC(Sc1cccc(NC(=O)c2ccc3ccccc3c2)c1)C(=O)Nc1cccc(Cl)c1. The van der Waals surface area contributed by atoms with Gasteiger partial charge in [-0.25, -0.2) is 0 Å². The van der Waals surface area contributed by atoms with E-state index in [2.05, 4.69) is 10.6 Å². The first-order valence-corrected chi connectivity index (χ1v) is 11.4. The van der Waals surface area contributed by atoms with Crippen LogP contribution in [0.4, 0.5) is 11.4 Å². The standard InChI is InChI=1S/C26H21ClN2O2S/c1-17(25(30)28-22-9-4-8-21(27)15-22)32-24-11-5-10-23(16-24)29-26(31)20-13-12-18-6-2-3-7-19(18)14-20/h2-17H,1H3,(H,28,30)(H,29,31). The molecule has 0 aliphatic rings. The van der Waals surface area contributed by atoms with Crippen molar-refractivity contribution in [1.29, 1.82) is 0 Å². The zero-order valence-corrected chi connectivity index (χ0v) is 18.9. The summed E-state index contributed by atoms with van der Waals surface area (Å²) in [5, 5.41) is 8.16. The topological polar surface area (TPSA) is 58.2 Å². The summed E-state index contributed by atoms with van der Waals surface area (Å²) in [6, 6.07) is 28.1. The Balaban J connectivity index is 1.41. The van der Waals surface area contributed by atoms with Gasteiger partial charge in [0.1, 0.15) is 0 Å². The molecule has 0 bridgehead atoms. The van der Waals surface area contributed by atoms with Gasteiger partial charge in [-0.15, -0.1) is 11.8 Å². The maximum Gasteiger partial charge on any atom is 0.255 e. The Morgan fingerprint density at radius 2 is 1.50 bits per heavy atom. The molecule has 0 aliphatic carbocycles. The predicted octanol–water partition coefficient (Wildman–Crippen LogP) is 6.86. The van der Waals surface area contributed by atoms with Crippen LogP contribution in [0.1, 0.15) is 17.3 Å². The van der Waals surface area contributed by atoms with Crippen molar-refractivity contribution < 1.29 is 9.59 Å². The number of amides is 2. The number of hydrogen-bond donors (Lipinski definition) is 2. The van der Waals surface area contributed by atoms with Crippen LogP contribution in [0.2, 0.25) is 5.02 Å². The lowest BCUT2D eigenvalue weighted by atomic mass is 10.1. The van der Waals surface area contributed by atoms with Crippen LogP contribution in [0, 0.1) is 0 Å². The minimum Gasteiger partial charge on any atom is -0.325 e. The van der Waals surface area contributed by atoms with Crippen LogP contribution in [0.5, 0.6) is 0 Å². The maximum atomic E-state index is 12.7. The van der Waals surface area contributed by atoms with Crippen molar-refractivity contribution >= 4 is 57.3 Å². The lowest BCUT2D eigenvalue weighted by molar-refractivity contribution is -0.115. The number of carbonyl (C=O) groups excluding carboxylic acids is 2. The minimum atomic E-state index is -0.333. The van der Waals surface area contributed by atoms with Crippen LogP contribution in [0.15, 0.2) is 95.9 Å². The van der Waals surface area contributed by atoms with Crippen molar-refractivity contribution in [1.82, 2.24) is 0 Å². The van der Waals surface area contributed by atoms with Crippen molar-refractivity contribution in [2.75, 3.05) is 10.6 Å². The highest BCUT2D eigenvalue weighted by Gasteiger charge is 2.15. The number of halogens is 1. The summed E-state index contributed by atoms with van der Waals surface area (Å²) >= 11 is 7.40. The van der Waals surface area contributed by atoms with Crippen LogP contribution >= 0.6 is 23.4 Å². The lowest BCUT2D eigenvalue weighted by Crippen LogP contribution is -2.22. The zero-order valence-electron chi connectivity index (χ0n) is 17.3. The number of carbonyl (C=O) groups is 2. The summed E-state index contributed by atoms with van der Waals surface area (Å²) in [6.07, 6.45) is 0. The van der Waals surface area contributed by atoms with Gasteiger partial charge in [-0.1, -0.05) is 54.1 Å². The number of nitrogens with one attached hydrogen (secondary N) is 2. The molecule has 4 nitrogen and oxygen atoms in total. The first-order valence-electron chi connectivity index (χ1n) is 10.1. The van der Waals surface area contributed by atoms with E-state index in [-0.39, 0.29) is 17.1 Å². The largest absolute Gasteiger partial charge is 0.325 e. The monoisotopic (exact) mass is 460 g/mol. The normalized spacial score (nSPS) is 11.7. The van der Waals surface area contributed by atoms with Gasteiger partial charge in [0.05, 0.1) is 5.25 Å². The van der Waals surface area contributed by atoms with Crippen molar-refractivity contribution in [2.45, 2.75) is 17.1 Å². The molecule has 0 heterocycles. The Bertz CT molecular complexity index is 1290. The van der Waals surface area contributed by atoms with E-state index in [1.54, 1.807) is 24.3 Å². The molecule has 160 valence electrons. The van der Waals surface area contributed by atoms with Crippen molar-refractivity contribution in [3.63, 3.8) is 0 Å². The molecular weight excluding hydrogens is 440 g/mol. The van der Waals surface area contributed by atoms with Crippen LogP contribution < -0.4 is 10.6 Å². The Kier molecular flexibility index (Phi) is 6.78. The van der Waals surface area contributed by atoms with E-state index in [9.17, 15) is 9.59 Å². The summed E-state index contributed by atoms with van der Waals surface area (Å²) in [4.78, 5) is 26.2. The summed E-state index contributed by atoms with van der Waals surface area (Å²) in [7, 11) is 0. The molecule has 0 saturated carbocycles. The molecule has 2 amide bonds. The Labute approximate surface area is 196 Å². The molecule has 4 aromatic rings. The fourth-order valence-electron chi connectivity index (χ4n) is 3.25. The Hall–Kier alpha value is -3.28. The third-order valence-corrected chi connectivity index (χ3v) is 6.21. The molecule has 32 heavy (non-hydrogen) atoms. The highest BCUT2D eigenvalue weighted by Crippen LogP contribution is 2.27. The van der Waals surface area contributed by atoms with Gasteiger partial charge in [0.2, 0.25) is 5.91 Å². The van der Waals surface area contributed by atoms with E-state index in [1.165, 1.54) is 11.8 Å². The first kappa shape index (κ1) is 21.9. The fraction of sp³-hybridized carbons (Fsp3) is 0.0769. The number of fused-ring (bicyclic) bond motifs is 1. The highest BCUT2D eigenvalue weighted by atomic mass is 35.5. The third kappa shape index (κ3) is 5.49. The summed E-state index contributed by atoms with van der Waals surface area (Å²) < 4.78 is 0. The molecule has 1 atom stereocenters. The third-order valence-electron chi connectivity index (χ3n) is 4.88. The van der Waals surface area contributed by atoms with E-state index in [4.69, 9.17) is 11.6 Å². The van der Waals surface area contributed by atoms with Gasteiger partial charge in [0.25, 0.3) is 5.91 Å². The fourth-order valence-corrected chi connectivity index (χ4v) is 4.37. The van der Waals surface area contributed by atoms with Crippen LogP contribution in [-0.2, 0) is 4.79 Å². The number of anilines is 2. The van der Waals surface area contributed by atoms with Gasteiger partial charge in [-0.05, 0) is 66.2 Å². The van der Waals surface area contributed by atoms with Gasteiger partial charge in [-0.3, -0.25) is 9.59 Å². The molecule has 0 radical (unpaired) electrons. The average Bonchev–Trinajstić information content (AvgIpc) is 2.79. The summed E-state index contributed by atoms with van der Waals surface area (Å²) in [5.41, 5.74) is 1.93. The van der Waals surface area contributed by atoms with Crippen molar-refractivity contribution in [2.24, 2.45) is 0 Å². The van der Waals surface area contributed by atoms with Crippen LogP contribution in [0.3, 0.4) is 0 Å². The molecule has 0 aliphatic heterocycles. The van der Waals surface area contributed by atoms with Crippen LogP contribution in [0.25, 0.3) is 10.8 Å². The number of benzene rings is 4. The zero-order chi connectivity index (χ0) is 22.5. The number of thioether (sulfide) groups is 1. The lowest BCUT2D eigenvalue weighted by Gasteiger charge is -2.13. The van der Waals surface area contributed by atoms with E-state index >= 15 is 0 Å². The second-order valence-corrected chi connectivity index (χ2v) is 9.15. The average molecular weight is 461 g/mol. The smallest absolute Gasteiger partial charge is 0.255 e. The molecule has 0 fully saturated rings. The predicted molar refractivity (Wildman–Crippen MR) is 134 cm³/mol. The van der Waals surface area contributed by atoms with Crippen molar-refractivity contribution in [3.8, 4) is 0 Å². The molecule has 4 rings (SSSR count). The first-order chi connectivity index (χ1) is 15.5. The molecule has 1 unspecified atom stereocenters. The molecule has 0 aromatic heterocycles. The Morgan fingerprint density at radius 1 is 0.781 bits per heavy atom. The summed E-state index contributed by atoms with van der Waals surface area (Å²) in [6.45, 7) is 1.84. The summed E-state index contributed by atoms with van der Waals surface area (Å²) in [5.74, 6) is -0.299. The molecule has 0 saturated heterocycles. The van der Waals surface area contributed by atoms with Crippen molar-refractivity contribution in [3.05, 3.63) is 102 Å². The van der Waals surface area contributed by atoms with E-state index < -0.39 is 0 Å². The van der Waals surface area contributed by atoms with E-state index in [0.717, 1.165) is 15.7 Å². The van der Waals surface area contributed by atoms with E-state index in [0.29, 0.717) is 22.0 Å². The second-order valence-electron chi connectivity index (χ2n) is 7.30. The van der Waals surface area contributed by atoms with E-state index in [1.807, 2.05) is 73.7 Å². The minimum absolute atomic E-state index is 0.122. The number of hydrogen-bond acceptors (Lipinski definition) is 3.